The van der Waals surface area contributed by atoms with Crippen molar-refractivity contribution in [2.45, 2.75) is 25.8 Å². The standard InChI is InChI=1S/C11H15N3O6/c1-6-4-10(14-20-6)19-5-9(16)13-7(11(17)18)2-3-8(12)15/h4,7H,2-3,5H2,1H3,(H2,12,15)(H,13,16)(H,17,18)/t7-/m1/s1. The van der Waals surface area contributed by atoms with Gasteiger partial charge in [-0.25, -0.2) is 4.79 Å². The molecule has 1 heterocycles. The van der Waals surface area contributed by atoms with Gasteiger partial charge in [0.15, 0.2) is 6.61 Å². The van der Waals surface area contributed by atoms with Crippen molar-refractivity contribution in [1.29, 1.82) is 0 Å². The fourth-order valence-corrected chi connectivity index (χ4v) is 1.33. The Morgan fingerprint density at radius 1 is 1.55 bits per heavy atom. The fourth-order valence-electron chi connectivity index (χ4n) is 1.33. The van der Waals surface area contributed by atoms with Crippen LogP contribution in [0.4, 0.5) is 0 Å². The second-order valence-corrected chi connectivity index (χ2v) is 4.03. The highest BCUT2D eigenvalue weighted by molar-refractivity contribution is 5.85. The first kappa shape index (κ1) is 15.5. The molecule has 1 atom stereocenters. The van der Waals surface area contributed by atoms with Crippen LogP contribution < -0.4 is 15.8 Å². The van der Waals surface area contributed by atoms with Gasteiger partial charge in [0.1, 0.15) is 11.8 Å². The Labute approximate surface area is 114 Å². The van der Waals surface area contributed by atoms with Crippen molar-refractivity contribution in [3.8, 4) is 5.88 Å². The molecule has 20 heavy (non-hydrogen) atoms. The summed E-state index contributed by atoms with van der Waals surface area (Å²) < 4.78 is 9.72. The molecule has 0 radical (unpaired) electrons. The van der Waals surface area contributed by atoms with Gasteiger partial charge in [-0.2, -0.15) is 0 Å². The fraction of sp³-hybridized carbons (Fsp3) is 0.455. The van der Waals surface area contributed by atoms with Crippen molar-refractivity contribution < 1.29 is 28.8 Å². The van der Waals surface area contributed by atoms with Crippen LogP contribution in [0.1, 0.15) is 18.6 Å². The van der Waals surface area contributed by atoms with Gasteiger partial charge >= 0.3 is 5.97 Å². The van der Waals surface area contributed by atoms with E-state index in [1.807, 2.05) is 0 Å². The minimum absolute atomic E-state index is 0.0839. The molecule has 1 rings (SSSR count). The summed E-state index contributed by atoms with van der Waals surface area (Å²) in [5.74, 6) is -1.90. The zero-order valence-electron chi connectivity index (χ0n) is 10.8. The topological polar surface area (TPSA) is 145 Å². The second kappa shape index (κ2) is 7.12. The summed E-state index contributed by atoms with van der Waals surface area (Å²) in [7, 11) is 0. The maximum atomic E-state index is 11.5. The van der Waals surface area contributed by atoms with Crippen molar-refractivity contribution in [3.63, 3.8) is 0 Å². The number of primary amides is 1. The molecule has 0 saturated heterocycles. The molecule has 2 amide bonds. The highest BCUT2D eigenvalue weighted by Crippen LogP contribution is 2.09. The Morgan fingerprint density at radius 3 is 2.75 bits per heavy atom. The van der Waals surface area contributed by atoms with Crippen LogP contribution in [0.3, 0.4) is 0 Å². The lowest BCUT2D eigenvalue weighted by Crippen LogP contribution is -2.43. The first-order chi connectivity index (χ1) is 9.38. The van der Waals surface area contributed by atoms with Crippen molar-refractivity contribution >= 4 is 17.8 Å². The van der Waals surface area contributed by atoms with Gasteiger partial charge < -0.3 is 25.4 Å². The quantitative estimate of drug-likeness (QED) is 0.566. The number of rotatable bonds is 8. The van der Waals surface area contributed by atoms with Crippen molar-refractivity contribution in [3.05, 3.63) is 11.8 Å². The van der Waals surface area contributed by atoms with E-state index in [0.29, 0.717) is 5.76 Å². The van der Waals surface area contributed by atoms with Crippen LogP contribution in [-0.2, 0) is 14.4 Å². The molecule has 0 bridgehead atoms. The van der Waals surface area contributed by atoms with E-state index in [4.69, 9.17) is 20.1 Å². The van der Waals surface area contributed by atoms with Crippen LogP contribution in [0.5, 0.6) is 5.88 Å². The summed E-state index contributed by atoms with van der Waals surface area (Å²) in [5.41, 5.74) is 4.92. The number of carbonyl (C=O) groups excluding carboxylic acids is 2. The molecule has 1 aromatic heterocycles. The number of carboxylic acid groups (broad SMARTS) is 1. The molecule has 0 aliphatic carbocycles. The lowest BCUT2D eigenvalue weighted by molar-refractivity contribution is -0.142. The van der Waals surface area contributed by atoms with Crippen LogP contribution >= 0.6 is 0 Å². The molecule has 4 N–H and O–H groups in total. The number of carboxylic acids is 1. The van der Waals surface area contributed by atoms with Gasteiger partial charge in [0.2, 0.25) is 5.91 Å². The van der Waals surface area contributed by atoms with Crippen molar-refractivity contribution in [2.75, 3.05) is 6.61 Å². The third-order valence-corrected chi connectivity index (χ3v) is 2.27. The molecule has 0 spiro atoms. The smallest absolute Gasteiger partial charge is 0.326 e. The Kier molecular flexibility index (Phi) is 5.51. The second-order valence-electron chi connectivity index (χ2n) is 4.03. The molecule has 0 saturated carbocycles. The molecule has 0 unspecified atom stereocenters. The number of aryl methyl sites for hydroxylation is 1. The van der Waals surface area contributed by atoms with Crippen LogP contribution in [0, 0.1) is 6.92 Å². The maximum absolute atomic E-state index is 11.5. The first-order valence-electron chi connectivity index (χ1n) is 5.75. The highest BCUT2D eigenvalue weighted by atomic mass is 16.5. The van der Waals surface area contributed by atoms with Crippen LogP contribution in [0.25, 0.3) is 0 Å². The van der Waals surface area contributed by atoms with E-state index in [1.54, 1.807) is 6.92 Å². The van der Waals surface area contributed by atoms with Crippen molar-refractivity contribution in [1.82, 2.24) is 10.5 Å². The monoisotopic (exact) mass is 285 g/mol. The predicted molar refractivity (Wildman–Crippen MR) is 64.7 cm³/mol. The Balaban J connectivity index is 2.41. The summed E-state index contributed by atoms with van der Waals surface area (Å²) in [5, 5.41) is 14.6. The lowest BCUT2D eigenvalue weighted by atomic mass is 10.1. The number of amides is 2. The predicted octanol–water partition coefficient (Wildman–Crippen LogP) is -0.803. The van der Waals surface area contributed by atoms with Gasteiger partial charge in [-0.1, -0.05) is 0 Å². The lowest BCUT2D eigenvalue weighted by Gasteiger charge is -2.13. The van der Waals surface area contributed by atoms with Gasteiger partial charge in [-0.05, 0) is 18.5 Å². The summed E-state index contributed by atoms with van der Waals surface area (Å²) >= 11 is 0. The molecular formula is C11H15N3O6. The van der Waals surface area contributed by atoms with Gasteiger partial charge in [-0.3, -0.25) is 9.59 Å². The molecule has 0 fully saturated rings. The average molecular weight is 285 g/mol. The van der Waals surface area contributed by atoms with E-state index in [1.165, 1.54) is 6.07 Å². The average Bonchev–Trinajstić information content (AvgIpc) is 2.77. The van der Waals surface area contributed by atoms with E-state index in [-0.39, 0.29) is 18.7 Å². The molecule has 9 nitrogen and oxygen atoms in total. The van der Waals surface area contributed by atoms with E-state index in [0.717, 1.165) is 0 Å². The third kappa shape index (κ3) is 5.38. The van der Waals surface area contributed by atoms with E-state index in [9.17, 15) is 14.4 Å². The number of aliphatic carboxylic acids is 1. The van der Waals surface area contributed by atoms with E-state index in [2.05, 4.69) is 10.5 Å². The zero-order valence-corrected chi connectivity index (χ0v) is 10.8. The molecule has 1 aromatic rings. The van der Waals surface area contributed by atoms with Crippen molar-refractivity contribution in [2.24, 2.45) is 5.73 Å². The zero-order chi connectivity index (χ0) is 15.1. The number of carbonyl (C=O) groups is 3. The SMILES string of the molecule is Cc1cc(OCC(=O)N[C@H](CCC(N)=O)C(=O)O)no1. The van der Waals surface area contributed by atoms with Crippen LogP contribution in [-0.4, -0.2) is 40.7 Å². The highest BCUT2D eigenvalue weighted by Gasteiger charge is 2.20. The Hall–Kier alpha value is -2.58. The van der Waals surface area contributed by atoms with Gasteiger partial charge in [0.25, 0.3) is 11.8 Å². The number of nitrogens with two attached hydrogens (primary N) is 1. The van der Waals surface area contributed by atoms with Crippen LogP contribution in [0.15, 0.2) is 10.6 Å². The number of nitrogens with zero attached hydrogens (tertiary/aromatic N) is 1. The largest absolute Gasteiger partial charge is 0.480 e. The number of nitrogens with one attached hydrogen (secondary N) is 1. The normalized spacial score (nSPS) is 11.7. The van der Waals surface area contributed by atoms with Gasteiger partial charge in [0.05, 0.1) is 0 Å². The van der Waals surface area contributed by atoms with Gasteiger partial charge in [0, 0.05) is 12.5 Å². The Bertz CT molecular complexity index is 498. The summed E-state index contributed by atoms with van der Waals surface area (Å²) in [6.45, 7) is 1.25. The number of hydrogen-bond donors (Lipinski definition) is 3. The minimum atomic E-state index is -1.25. The molecule has 0 aromatic carbocycles. The number of hydrogen-bond acceptors (Lipinski definition) is 6. The maximum Gasteiger partial charge on any atom is 0.326 e. The summed E-state index contributed by atoms with van der Waals surface area (Å²) in [4.78, 5) is 33.0. The van der Waals surface area contributed by atoms with E-state index < -0.39 is 30.4 Å². The minimum Gasteiger partial charge on any atom is -0.480 e. The Morgan fingerprint density at radius 2 is 2.25 bits per heavy atom. The first-order valence-corrected chi connectivity index (χ1v) is 5.75. The third-order valence-electron chi connectivity index (χ3n) is 2.27. The molecule has 9 heteroatoms. The number of ether oxygens (including phenoxy) is 1. The summed E-state index contributed by atoms with van der Waals surface area (Å²) in [6.07, 6.45) is -0.222. The molecule has 0 aliphatic rings. The number of aromatic nitrogens is 1. The van der Waals surface area contributed by atoms with E-state index >= 15 is 0 Å². The van der Waals surface area contributed by atoms with Gasteiger partial charge in [-0.15, -0.1) is 0 Å². The molecule has 110 valence electrons. The summed E-state index contributed by atoms with van der Waals surface area (Å²) in [6, 6.07) is 0.285. The molecule has 0 aliphatic heterocycles. The molecular weight excluding hydrogens is 270 g/mol. The van der Waals surface area contributed by atoms with Crippen LogP contribution in [0.2, 0.25) is 0 Å².